The van der Waals surface area contributed by atoms with E-state index in [9.17, 15) is 30.1 Å². The van der Waals surface area contributed by atoms with Gasteiger partial charge in [0.25, 0.3) is 17.3 Å². The quantitative estimate of drug-likeness (QED) is 0.486. The summed E-state index contributed by atoms with van der Waals surface area (Å²) in [6.45, 7) is 0. The number of aromatic hydroxyl groups is 1. The summed E-state index contributed by atoms with van der Waals surface area (Å²) in [6, 6.07) is 8.42. The molecule has 0 aliphatic rings. The molecule has 0 aromatic heterocycles. The van der Waals surface area contributed by atoms with Crippen molar-refractivity contribution in [1.82, 2.24) is 5.43 Å². The largest absolute Gasteiger partial charge is 0.507 e. The SMILES string of the molecule is O=C(N/N=C/c1ccc([N+](=O)[O-])cc1)c1cc([N+](=O)[O-])ccc1O. The second-order valence-electron chi connectivity index (χ2n) is 4.51. The fourth-order valence-electron chi connectivity index (χ4n) is 1.73. The van der Waals surface area contributed by atoms with Crippen LogP contribution in [0.4, 0.5) is 11.4 Å². The molecule has 10 heteroatoms. The molecule has 0 fully saturated rings. The summed E-state index contributed by atoms with van der Waals surface area (Å²) < 4.78 is 0. The highest BCUT2D eigenvalue weighted by Crippen LogP contribution is 2.22. The molecule has 0 atom stereocenters. The highest BCUT2D eigenvalue weighted by Gasteiger charge is 2.16. The van der Waals surface area contributed by atoms with Gasteiger partial charge in [0.05, 0.1) is 21.6 Å². The number of hydrogen-bond donors (Lipinski definition) is 2. The zero-order valence-electron chi connectivity index (χ0n) is 11.9. The van der Waals surface area contributed by atoms with Crippen molar-refractivity contribution in [3.63, 3.8) is 0 Å². The van der Waals surface area contributed by atoms with Crippen LogP contribution in [0.1, 0.15) is 15.9 Å². The van der Waals surface area contributed by atoms with Crippen molar-refractivity contribution in [3.8, 4) is 5.75 Å². The number of nitrogens with zero attached hydrogens (tertiary/aromatic N) is 3. The lowest BCUT2D eigenvalue weighted by atomic mass is 10.1. The van der Waals surface area contributed by atoms with Crippen molar-refractivity contribution in [1.29, 1.82) is 0 Å². The minimum Gasteiger partial charge on any atom is -0.507 e. The average molecular weight is 330 g/mol. The van der Waals surface area contributed by atoms with Crippen molar-refractivity contribution >= 4 is 23.5 Å². The first-order valence-corrected chi connectivity index (χ1v) is 6.44. The lowest BCUT2D eigenvalue weighted by molar-refractivity contribution is -0.385. The Bertz CT molecular complexity index is 832. The minimum atomic E-state index is -0.839. The van der Waals surface area contributed by atoms with Crippen LogP contribution >= 0.6 is 0 Å². The third-order valence-electron chi connectivity index (χ3n) is 2.92. The molecule has 10 nitrogen and oxygen atoms in total. The highest BCUT2D eigenvalue weighted by atomic mass is 16.6. The fraction of sp³-hybridized carbons (Fsp3) is 0. The van der Waals surface area contributed by atoms with E-state index in [0.29, 0.717) is 5.56 Å². The summed E-state index contributed by atoms with van der Waals surface area (Å²) >= 11 is 0. The number of phenols is 1. The monoisotopic (exact) mass is 330 g/mol. The van der Waals surface area contributed by atoms with Crippen LogP contribution < -0.4 is 5.43 Å². The number of amides is 1. The van der Waals surface area contributed by atoms with Gasteiger partial charge in [-0.25, -0.2) is 5.43 Å². The summed E-state index contributed by atoms with van der Waals surface area (Å²) in [5, 5.41) is 34.4. The number of non-ortho nitro benzene ring substituents is 2. The summed E-state index contributed by atoms with van der Waals surface area (Å²) in [7, 11) is 0. The number of nitrogens with one attached hydrogen (secondary N) is 1. The molecule has 2 rings (SSSR count). The van der Waals surface area contributed by atoms with Crippen LogP contribution in [0.5, 0.6) is 5.75 Å². The predicted octanol–water partition coefficient (Wildman–Crippen LogP) is 1.97. The molecule has 0 spiro atoms. The first-order chi connectivity index (χ1) is 11.4. The van der Waals surface area contributed by atoms with Crippen molar-refractivity contribution in [2.24, 2.45) is 5.10 Å². The van der Waals surface area contributed by atoms with Crippen LogP contribution in [0.2, 0.25) is 0 Å². The Labute approximate surface area is 134 Å². The van der Waals surface area contributed by atoms with Crippen LogP contribution in [0.3, 0.4) is 0 Å². The highest BCUT2D eigenvalue weighted by molar-refractivity contribution is 5.97. The summed E-state index contributed by atoms with van der Waals surface area (Å²) in [5.74, 6) is -1.27. The third-order valence-corrected chi connectivity index (χ3v) is 2.92. The second kappa shape index (κ2) is 6.96. The minimum absolute atomic E-state index is 0.0855. The molecule has 0 saturated carbocycles. The van der Waals surface area contributed by atoms with Crippen molar-refractivity contribution < 1.29 is 19.7 Å². The molecule has 0 bridgehead atoms. The Morgan fingerprint density at radius 2 is 1.62 bits per heavy atom. The van der Waals surface area contributed by atoms with Crippen LogP contribution in [-0.4, -0.2) is 27.1 Å². The normalized spacial score (nSPS) is 10.5. The topological polar surface area (TPSA) is 148 Å². The van der Waals surface area contributed by atoms with E-state index >= 15 is 0 Å². The van der Waals surface area contributed by atoms with Gasteiger partial charge in [-0.3, -0.25) is 25.0 Å². The summed E-state index contributed by atoms with van der Waals surface area (Å²) in [6.07, 6.45) is 1.23. The smallest absolute Gasteiger partial charge is 0.275 e. The molecule has 2 aromatic carbocycles. The number of hydrazone groups is 1. The Morgan fingerprint density at radius 1 is 1.04 bits per heavy atom. The number of carbonyl (C=O) groups excluding carboxylic acids is 1. The van der Waals surface area contributed by atoms with Gasteiger partial charge >= 0.3 is 0 Å². The molecule has 0 aliphatic heterocycles. The van der Waals surface area contributed by atoms with Gasteiger partial charge in [-0.2, -0.15) is 5.10 Å². The lowest BCUT2D eigenvalue weighted by Crippen LogP contribution is -2.18. The van der Waals surface area contributed by atoms with E-state index in [1.54, 1.807) is 0 Å². The number of hydrogen-bond acceptors (Lipinski definition) is 7. The number of nitro groups is 2. The van der Waals surface area contributed by atoms with E-state index in [1.807, 2.05) is 0 Å². The predicted molar refractivity (Wildman–Crippen MR) is 82.9 cm³/mol. The van der Waals surface area contributed by atoms with Crippen LogP contribution in [0, 0.1) is 20.2 Å². The van der Waals surface area contributed by atoms with Gasteiger partial charge in [-0.1, -0.05) is 0 Å². The fourth-order valence-corrected chi connectivity index (χ4v) is 1.73. The molecule has 24 heavy (non-hydrogen) atoms. The molecule has 2 aromatic rings. The molecular formula is C14H10N4O6. The molecule has 0 heterocycles. The van der Waals surface area contributed by atoms with Crippen LogP contribution in [0.25, 0.3) is 0 Å². The molecule has 1 amide bonds. The Morgan fingerprint density at radius 3 is 2.21 bits per heavy atom. The van der Waals surface area contributed by atoms with E-state index in [2.05, 4.69) is 10.5 Å². The van der Waals surface area contributed by atoms with E-state index in [-0.39, 0.29) is 16.9 Å². The van der Waals surface area contributed by atoms with Gasteiger partial charge in [-0.05, 0) is 23.8 Å². The molecule has 0 saturated heterocycles. The molecule has 0 aliphatic carbocycles. The van der Waals surface area contributed by atoms with Gasteiger partial charge in [0.2, 0.25) is 0 Å². The number of phenolic OH excluding ortho intramolecular Hbond substituents is 1. The van der Waals surface area contributed by atoms with Crippen molar-refractivity contribution in [3.05, 3.63) is 73.8 Å². The lowest BCUT2D eigenvalue weighted by Gasteiger charge is -2.02. The van der Waals surface area contributed by atoms with E-state index in [0.717, 1.165) is 18.2 Å². The maximum atomic E-state index is 11.9. The average Bonchev–Trinajstić information content (AvgIpc) is 2.55. The Hall–Kier alpha value is -3.82. The second-order valence-corrected chi connectivity index (χ2v) is 4.51. The zero-order valence-corrected chi connectivity index (χ0v) is 11.9. The first kappa shape index (κ1) is 16.5. The van der Waals surface area contributed by atoms with Gasteiger partial charge in [0.1, 0.15) is 5.75 Å². The molecule has 0 unspecified atom stereocenters. The molecule has 122 valence electrons. The van der Waals surface area contributed by atoms with E-state index in [4.69, 9.17) is 0 Å². The third kappa shape index (κ3) is 3.88. The standard InChI is InChI=1S/C14H10N4O6/c19-13-6-5-11(18(23)24)7-12(13)14(20)16-15-8-9-1-3-10(4-2-9)17(21)22/h1-8,19H,(H,16,20)/b15-8+. The van der Waals surface area contributed by atoms with E-state index < -0.39 is 21.5 Å². The van der Waals surface area contributed by atoms with Crippen molar-refractivity contribution in [2.45, 2.75) is 0 Å². The van der Waals surface area contributed by atoms with Crippen molar-refractivity contribution in [2.75, 3.05) is 0 Å². The molecular weight excluding hydrogens is 320 g/mol. The van der Waals surface area contributed by atoms with Gasteiger partial charge in [-0.15, -0.1) is 0 Å². The van der Waals surface area contributed by atoms with Gasteiger partial charge in [0, 0.05) is 24.3 Å². The van der Waals surface area contributed by atoms with Crippen LogP contribution in [0.15, 0.2) is 47.6 Å². The number of rotatable bonds is 5. The Balaban J connectivity index is 2.08. The maximum Gasteiger partial charge on any atom is 0.275 e. The summed E-state index contributed by atoms with van der Waals surface area (Å²) in [5.41, 5.74) is 1.86. The molecule has 0 radical (unpaired) electrons. The number of benzene rings is 2. The number of carbonyl (C=O) groups is 1. The summed E-state index contributed by atoms with van der Waals surface area (Å²) in [4.78, 5) is 31.8. The van der Waals surface area contributed by atoms with Gasteiger partial charge in [0.15, 0.2) is 0 Å². The number of nitro benzene ring substituents is 2. The van der Waals surface area contributed by atoms with Crippen LogP contribution in [-0.2, 0) is 0 Å². The van der Waals surface area contributed by atoms with Gasteiger partial charge < -0.3 is 5.11 Å². The Kier molecular flexibility index (Phi) is 4.80. The van der Waals surface area contributed by atoms with E-state index in [1.165, 1.54) is 30.5 Å². The maximum absolute atomic E-state index is 11.9. The molecule has 2 N–H and O–H groups in total. The zero-order chi connectivity index (χ0) is 17.7. The first-order valence-electron chi connectivity index (χ1n) is 6.44.